The first-order valence-corrected chi connectivity index (χ1v) is 6.52. The first-order chi connectivity index (χ1) is 9.06. The number of ether oxygens (including phenoxy) is 1. The van der Waals surface area contributed by atoms with Gasteiger partial charge in [0.25, 0.3) is 5.69 Å². The van der Waals surface area contributed by atoms with Crippen molar-refractivity contribution in [3.05, 3.63) is 34.4 Å². The van der Waals surface area contributed by atoms with Gasteiger partial charge in [0.2, 0.25) is 0 Å². The number of rotatable bonds is 7. The summed E-state index contributed by atoms with van der Waals surface area (Å²) in [6.07, 6.45) is 3.39. The standard InChI is InChI=1S/C14H19NO4/c1-3-5-11(4-2)10-14(16)19-13-8-6-12(7-9-13)15(17)18/h6-9,11H,3-5,10H2,1-2H3. The van der Waals surface area contributed by atoms with Gasteiger partial charge in [-0.3, -0.25) is 14.9 Å². The fourth-order valence-corrected chi connectivity index (χ4v) is 1.90. The molecule has 1 rings (SSSR count). The Balaban J connectivity index is 2.54. The largest absolute Gasteiger partial charge is 0.427 e. The van der Waals surface area contributed by atoms with Crippen molar-refractivity contribution in [3.8, 4) is 5.75 Å². The molecule has 0 aliphatic carbocycles. The van der Waals surface area contributed by atoms with Crippen molar-refractivity contribution in [1.29, 1.82) is 0 Å². The molecule has 0 aliphatic heterocycles. The first kappa shape index (κ1) is 15.1. The third-order valence-electron chi connectivity index (χ3n) is 3.01. The van der Waals surface area contributed by atoms with Crippen LogP contribution in [-0.4, -0.2) is 10.9 Å². The molecule has 0 spiro atoms. The van der Waals surface area contributed by atoms with Crippen LogP contribution in [-0.2, 0) is 4.79 Å². The van der Waals surface area contributed by atoms with Crippen molar-refractivity contribution < 1.29 is 14.5 Å². The first-order valence-electron chi connectivity index (χ1n) is 6.52. The highest BCUT2D eigenvalue weighted by Crippen LogP contribution is 2.20. The Labute approximate surface area is 112 Å². The zero-order chi connectivity index (χ0) is 14.3. The average molecular weight is 265 g/mol. The Hall–Kier alpha value is -1.91. The predicted molar refractivity (Wildman–Crippen MR) is 72.0 cm³/mol. The second kappa shape index (κ2) is 7.51. The van der Waals surface area contributed by atoms with Crippen LogP contribution >= 0.6 is 0 Å². The van der Waals surface area contributed by atoms with Gasteiger partial charge in [-0.15, -0.1) is 0 Å². The molecule has 0 radical (unpaired) electrons. The zero-order valence-corrected chi connectivity index (χ0v) is 11.3. The van der Waals surface area contributed by atoms with Crippen LogP contribution in [0.5, 0.6) is 5.75 Å². The lowest BCUT2D eigenvalue weighted by Gasteiger charge is -2.12. The number of carbonyl (C=O) groups is 1. The van der Waals surface area contributed by atoms with Crippen molar-refractivity contribution in [2.45, 2.75) is 39.5 Å². The van der Waals surface area contributed by atoms with E-state index in [0.29, 0.717) is 18.1 Å². The van der Waals surface area contributed by atoms with Crippen molar-refractivity contribution in [1.82, 2.24) is 0 Å². The lowest BCUT2D eigenvalue weighted by molar-refractivity contribution is -0.384. The maximum absolute atomic E-state index is 11.7. The van der Waals surface area contributed by atoms with Crippen LogP contribution in [0.15, 0.2) is 24.3 Å². The van der Waals surface area contributed by atoms with Crippen molar-refractivity contribution in [3.63, 3.8) is 0 Å². The molecule has 19 heavy (non-hydrogen) atoms. The van der Waals surface area contributed by atoms with E-state index in [4.69, 9.17) is 4.74 Å². The molecular weight excluding hydrogens is 246 g/mol. The molecule has 1 aromatic carbocycles. The van der Waals surface area contributed by atoms with E-state index < -0.39 is 4.92 Å². The Morgan fingerprint density at radius 1 is 1.32 bits per heavy atom. The molecule has 1 unspecified atom stereocenters. The lowest BCUT2D eigenvalue weighted by atomic mass is 9.97. The summed E-state index contributed by atoms with van der Waals surface area (Å²) < 4.78 is 5.17. The summed E-state index contributed by atoms with van der Waals surface area (Å²) in [5, 5.41) is 10.5. The monoisotopic (exact) mass is 265 g/mol. The summed E-state index contributed by atoms with van der Waals surface area (Å²) in [5.41, 5.74) is -0.0165. The van der Waals surface area contributed by atoms with Gasteiger partial charge in [-0.05, 0) is 18.1 Å². The molecule has 104 valence electrons. The van der Waals surface area contributed by atoms with Crippen LogP contribution in [0.25, 0.3) is 0 Å². The molecule has 5 nitrogen and oxygen atoms in total. The molecular formula is C14H19NO4. The quantitative estimate of drug-likeness (QED) is 0.326. The maximum Gasteiger partial charge on any atom is 0.311 e. The van der Waals surface area contributed by atoms with E-state index in [1.165, 1.54) is 24.3 Å². The third kappa shape index (κ3) is 5.07. The lowest BCUT2D eigenvalue weighted by Crippen LogP contribution is -2.13. The highest BCUT2D eigenvalue weighted by atomic mass is 16.6. The van der Waals surface area contributed by atoms with E-state index in [2.05, 4.69) is 13.8 Å². The zero-order valence-electron chi connectivity index (χ0n) is 11.3. The molecule has 5 heteroatoms. The number of nitrogens with zero attached hydrogens (tertiary/aromatic N) is 1. The maximum atomic E-state index is 11.7. The molecule has 0 bridgehead atoms. The highest BCUT2D eigenvalue weighted by Gasteiger charge is 2.13. The summed E-state index contributed by atoms with van der Waals surface area (Å²) in [6, 6.07) is 5.53. The van der Waals surface area contributed by atoms with Gasteiger partial charge in [-0.1, -0.05) is 33.1 Å². The normalized spacial score (nSPS) is 11.9. The summed E-state index contributed by atoms with van der Waals surface area (Å²) in [5.74, 6) is 0.409. The Morgan fingerprint density at radius 3 is 2.42 bits per heavy atom. The van der Waals surface area contributed by atoms with Gasteiger partial charge in [-0.25, -0.2) is 0 Å². The molecule has 0 N–H and O–H groups in total. The molecule has 0 saturated heterocycles. The van der Waals surface area contributed by atoms with E-state index in [9.17, 15) is 14.9 Å². The van der Waals surface area contributed by atoms with Gasteiger partial charge in [0.1, 0.15) is 5.75 Å². The van der Waals surface area contributed by atoms with Crippen LogP contribution in [0.4, 0.5) is 5.69 Å². The minimum atomic E-state index is -0.486. The van der Waals surface area contributed by atoms with Crippen LogP contribution in [0, 0.1) is 16.0 Å². The van der Waals surface area contributed by atoms with Gasteiger partial charge in [0, 0.05) is 18.6 Å². The molecule has 0 aromatic heterocycles. The van der Waals surface area contributed by atoms with E-state index in [1.807, 2.05) is 0 Å². The molecule has 1 aromatic rings. The number of esters is 1. The number of hydrogen-bond donors (Lipinski definition) is 0. The fourth-order valence-electron chi connectivity index (χ4n) is 1.90. The molecule has 0 amide bonds. The van der Waals surface area contributed by atoms with E-state index in [1.54, 1.807) is 0 Å². The summed E-state index contributed by atoms with van der Waals surface area (Å²) in [7, 11) is 0. The van der Waals surface area contributed by atoms with Gasteiger partial charge in [0.15, 0.2) is 0 Å². The van der Waals surface area contributed by atoms with Crippen molar-refractivity contribution in [2.24, 2.45) is 5.92 Å². The van der Waals surface area contributed by atoms with Crippen LogP contribution in [0.1, 0.15) is 39.5 Å². The number of nitro groups is 1. The van der Waals surface area contributed by atoms with E-state index >= 15 is 0 Å². The average Bonchev–Trinajstić information content (AvgIpc) is 2.38. The second-order valence-corrected chi connectivity index (χ2v) is 4.49. The van der Waals surface area contributed by atoms with Crippen molar-refractivity contribution in [2.75, 3.05) is 0 Å². The number of hydrogen-bond acceptors (Lipinski definition) is 4. The van der Waals surface area contributed by atoms with Gasteiger partial charge in [0.05, 0.1) is 4.92 Å². The Morgan fingerprint density at radius 2 is 1.95 bits per heavy atom. The Bertz CT molecular complexity index is 428. The molecule has 0 saturated carbocycles. The van der Waals surface area contributed by atoms with Crippen LogP contribution in [0.3, 0.4) is 0 Å². The minimum Gasteiger partial charge on any atom is -0.427 e. The minimum absolute atomic E-state index is 0.0165. The molecule has 1 atom stereocenters. The molecule has 0 heterocycles. The summed E-state index contributed by atoms with van der Waals surface area (Å²) >= 11 is 0. The SMILES string of the molecule is CCCC(CC)CC(=O)Oc1ccc([N+](=O)[O-])cc1. The van der Waals surface area contributed by atoms with Gasteiger partial charge >= 0.3 is 5.97 Å². The highest BCUT2D eigenvalue weighted by molar-refractivity contribution is 5.72. The molecule has 0 aliphatic rings. The predicted octanol–water partition coefficient (Wildman–Crippen LogP) is 3.72. The number of nitro benzene ring substituents is 1. The number of non-ortho nitro benzene ring substituents is 1. The topological polar surface area (TPSA) is 69.4 Å². The van der Waals surface area contributed by atoms with Gasteiger partial charge in [-0.2, -0.15) is 0 Å². The third-order valence-corrected chi connectivity index (χ3v) is 3.01. The van der Waals surface area contributed by atoms with Crippen LogP contribution < -0.4 is 4.74 Å². The summed E-state index contributed by atoms with van der Waals surface area (Å²) in [4.78, 5) is 21.7. The van der Waals surface area contributed by atoms with Crippen LogP contribution in [0.2, 0.25) is 0 Å². The number of carbonyl (C=O) groups excluding carboxylic acids is 1. The van der Waals surface area contributed by atoms with E-state index in [-0.39, 0.29) is 11.7 Å². The van der Waals surface area contributed by atoms with Gasteiger partial charge < -0.3 is 4.74 Å². The second-order valence-electron chi connectivity index (χ2n) is 4.49. The number of benzene rings is 1. The Kier molecular flexibility index (Phi) is 5.99. The van der Waals surface area contributed by atoms with Crippen molar-refractivity contribution >= 4 is 11.7 Å². The molecule has 0 fully saturated rings. The fraction of sp³-hybridized carbons (Fsp3) is 0.500. The van der Waals surface area contributed by atoms with E-state index in [0.717, 1.165) is 19.3 Å². The smallest absolute Gasteiger partial charge is 0.311 e. The summed E-state index contributed by atoms with van der Waals surface area (Å²) in [6.45, 7) is 4.14.